The molecular weight excluding hydrogens is 348 g/mol. The van der Waals surface area contributed by atoms with Crippen molar-refractivity contribution in [3.8, 4) is 0 Å². The Balaban J connectivity index is 2.06. The van der Waals surface area contributed by atoms with E-state index in [0.29, 0.717) is 5.62 Å². The molecule has 6 heteroatoms. The fraction of sp³-hybridized carbons (Fsp3) is 0.318. The molecule has 0 spiro atoms. The average Bonchev–Trinajstić information content (AvgIpc) is 2.77. The van der Waals surface area contributed by atoms with Crippen molar-refractivity contribution in [3.05, 3.63) is 71.6 Å². The van der Waals surface area contributed by atoms with E-state index in [-0.39, 0.29) is 0 Å². The number of benzene rings is 2. The van der Waals surface area contributed by atoms with Crippen LogP contribution < -0.4 is 15.5 Å². The van der Waals surface area contributed by atoms with Crippen LogP contribution >= 0.6 is 0 Å². The zero-order valence-electron chi connectivity index (χ0n) is 17.3. The number of aromatic nitrogens is 3. The predicted molar refractivity (Wildman–Crippen MR) is 115 cm³/mol. The Morgan fingerprint density at radius 3 is 1.86 bits per heavy atom. The molecule has 0 bridgehead atoms. The molecule has 2 aromatic carbocycles. The molecule has 0 aliphatic carbocycles. The van der Waals surface area contributed by atoms with Crippen molar-refractivity contribution in [1.82, 2.24) is 14.6 Å². The lowest BCUT2D eigenvalue weighted by molar-refractivity contribution is 0.662. The maximum atomic E-state index is 4.56. The van der Waals surface area contributed by atoms with Gasteiger partial charge in [-0.15, -0.1) is 0 Å². The van der Waals surface area contributed by atoms with Crippen molar-refractivity contribution in [2.45, 2.75) is 26.7 Å². The van der Waals surface area contributed by atoms with Gasteiger partial charge in [0.2, 0.25) is 11.6 Å². The van der Waals surface area contributed by atoms with Gasteiger partial charge in [-0.05, 0) is 48.2 Å². The van der Waals surface area contributed by atoms with E-state index in [4.69, 9.17) is 0 Å². The van der Waals surface area contributed by atoms with Gasteiger partial charge in [-0.25, -0.2) is 4.98 Å². The normalized spacial score (nSPS) is 11.5. The highest BCUT2D eigenvalue weighted by Crippen LogP contribution is 2.23. The topological polar surface area (TPSA) is 49.6 Å². The standard InChI is InChI=1S/C22H28N6/c1-6-17-8-12-19(13-9-17)26(4)22-25-16-24-21(23-3)28(22)27(5)20-14-10-18(7-2)11-15-20/h8-16H,6-7H2,1-5H3. The summed E-state index contributed by atoms with van der Waals surface area (Å²) in [5.74, 6) is 0.738. The SMILES string of the molecule is CCc1ccc(N(C)c2ncnc(=NC)n2N(C)c2ccc(CC)cc2)cc1. The Labute approximate surface area is 166 Å². The third-order valence-electron chi connectivity index (χ3n) is 4.98. The van der Waals surface area contributed by atoms with Crippen LogP contribution in [-0.4, -0.2) is 35.8 Å². The monoisotopic (exact) mass is 376 g/mol. The van der Waals surface area contributed by atoms with E-state index >= 15 is 0 Å². The van der Waals surface area contributed by atoms with Crippen LogP contribution in [-0.2, 0) is 12.8 Å². The molecule has 0 aliphatic heterocycles. The predicted octanol–water partition coefficient (Wildman–Crippen LogP) is 3.60. The average molecular weight is 377 g/mol. The molecule has 0 radical (unpaired) electrons. The van der Waals surface area contributed by atoms with E-state index in [0.717, 1.165) is 30.2 Å². The first-order valence-corrected chi connectivity index (χ1v) is 9.61. The number of aryl methyl sites for hydroxylation is 2. The first-order valence-electron chi connectivity index (χ1n) is 9.61. The number of hydrogen-bond donors (Lipinski definition) is 0. The van der Waals surface area contributed by atoms with Crippen molar-refractivity contribution >= 4 is 17.3 Å². The van der Waals surface area contributed by atoms with Gasteiger partial charge in [0.05, 0.1) is 5.69 Å². The molecule has 0 aliphatic rings. The van der Waals surface area contributed by atoms with Gasteiger partial charge in [0.15, 0.2) is 0 Å². The minimum Gasteiger partial charge on any atom is -0.313 e. The van der Waals surface area contributed by atoms with Gasteiger partial charge < -0.3 is 4.90 Å². The number of rotatable bonds is 6. The maximum Gasteiger partial charge on any atom is 0.248 e. The quantitative estimate of drug-likeness (QED) is 0.660. The van der Waals surface area contributed by atoms with Crippen molar-refractivity contribution in [2.24, 2.45) is 4.99 Å². The van der Waals surface area contributed by atoms with Crippen molar-refractivity contribution in [3.63, 3.8) is 0 Å². The molecule has 1 aromatic heterocycles. The zero-order chi connectivity index (χ0) is 20.1. The third kappa shape index (κ3) is 3.91. The highest BCUT2D eigenvalue weighted by Gasteiger charge is 2.16. The molecular formula is C22H28N6. The maximum absolute atomic E-state index is 4.56. The Kier molecular flexibility index (Phi) is 6.09. The van der Waals surface area contributed by atoms with Gasteiger partial charge in [0.25, 0.3) is 0 Å². The molecule has 0 saturated heterocycles. The van der Waals surface area contributed by atoms with Crippen molar-refractivity contribution in [2.75, 3.05) is 31.1 Å². The fourth-order valence-corrected chi connectivity index (χ4v) is 3.11. The summed E-state index contributed by atoms with van der Waals surface area (Å²) in [5, 5.41) is 2.02. The minimum absolute atomic E-state index is 0.587. The summed E-state index contributed by atoms with van der Waals surface area (Å²) in [7, 11) is 5.75. The second kappa shape index (κ2) is 8.69. The van der Waals surface area contributed by atoms with Crippen LogP contribution in [0, 0.1) is 0 Å². The Bertz CT molecular complexity index is 973. The molecule has 0 fully saturated rings. The smallest absolute Gasteiger partial charge is 0.248 e. The van der Waals surface area contributed by atoms with Crippen LogP contribution in [0.3, 0.4) is 0 Å². The first-order chi connectivity index (χ1) is 13.6. The van der Waals surface area contributed by atoms with Crippen molar-refractivity contribution < 1.29 is 0 Å². The second-order valence-corrected chi connectivity index (χ2v) is 6.63. The Morgan fingerprint density at radius 2 is 1.36 bits per heavy atom. The molecule has 0 N–H and O–H groups in total. The highest BCUT2D eigenvalue weighted by molar-refractivity contribution is 5.58. The summed E-state index contributed by atoms with van der Waals surface area (Å²) in [6.07, 6.45) is 3.59. The van der Waals surface area contributed by atoms with Crippen LogP contribution in [0.4, 0.5) is 17.3 Å². The van der Waals surface area contributed by atoms with Crippen LogP contribution in [0.15, 0.2) is 59.9 Å². The molecule has 6 nitrogen and oxygen atoms in total. The number of hydrogen-bond acceptors (Lipinski definition) is 5. The Hall–Kier alpha value is -3.15. The van der Waals surface area contributed by atoms with E-state index in [1.807, 2.05) is 28.7 Å². The van der Waals surface area contributed by atoms with Gasteiger partial charge in [0, 0.05) is 26.8 Å². The first kappa shape index (κ1) is 19.6. The second-order valence-electron chi connectivity index (χ2n) is 6.63. The summed E-state index contributed by atoms with van der Waals surface area (Å²) < 4.78 is 1.93. The molecule has 0 amide bonds. The summed E-state index contributed by atoms with van der Waals surface area (Å²) >= 11 is 0. The van der Waals surface area contributed by atoms with Gasteiger partial charge in [0.1, 0.15) is 6.33 Å². The molecule has 0 atom stereocenters. The lowest BCUT2D eigenvalue weighted by Crippen LogP contribution is -2.41. The van der Waals surface area contributed by atoms with Crippen molar-refractivity contribution in [1.29, 1.82) is 0 Å². The van der Waals surface area contributed by atoms with E-state index in [1.54, 1.807) is 13.4 Å². The van der Waals surface area contributed by atoms with Gasteiger partial charge in [-0.2, -0.15) is 9.66 Å². The van der Waals surface area contributed by atoms with Crippen LogP contribution in [0.25, 0.3) is 0 Å². The van der Waals surface area contributed by atoms with Crippen LogP contribution in [0.2, 0.25) is 0 Å². The highest BCUT2D eigenvalue weighted by atomic mass is 15.6. The lowest BCUT2D eigenvalue weighted by atomic mass is 10.1. The van der Waals surface area contributed by atoms with E-state index in [1.165, 1.54) is 11.1 Å². The Morgan fingerprint density at radius 1 is 0.821 bits per heavy atom. The van der Waals surface area contributed by atoms with Gasteiger partial charge in [-0.3, -0.25) is 10.0 Å². The molecule has 146 valence electrons. The molecule has 3 aromatic rings. The minimum atomic E-state index is 0.587. The summed E-state index contributed by atoms with van der Waals surface area (Å²) in [6.45, 7) is 4.31. The van der Waals surface area contributed by atoms with Crippen LogP contribution in [0.5, 0.6) is 0 Å². The van der Waals surface area contributed by atoms with Gasteiger partial charge >= 0.3 is 0 Å². The zero-order valence-corrected chi connectivity index (χ0v) is 17.3. The third-order valence-corrected chi connectivity index (χ3v) is 4.98. The number of anilines is 3. The van der Waals surface area contributed by atoms with Gasteiger partial charge in [-0.1, -0.05) is 38.1 Å². The molecule has 3 rings (SSSR count). The lowest BCUT2D eigenvalue weighted by Gasteiger charge is -2.28. The number of nitrogens with zero attached hydrogens (tertiary/aromatic N) is 6. The molecule has 28 heavy (non-hydrogen) atoms. The largest absolute Gasteiger partial charge is 0.313 e. The summed E-state index contributed by atoms with van der Waals surface area (Å²) in [6, 6.07) is 17.0. The molecule has 0 saturated carbocycles. The molecule has 0 unspecified atom stereocenters. The molecule has 1 heterocycles. The van der Waals surface area contributed by atoms with E-state index in [2.05, 4.69) is 77.3 Å². The van der Waals surface area contributed by atoms with Crippen LogP contribution in [0.1, 0.15) is 25.0 Å². The van der Waals surface area contributed by atoms with E-state index in [9.17, 15) is 0 Å². The fourth-order valence-electron chi connectivity index (χ4n) is 3.11. The summed E-state index contributed by atoms with van der Waals surface area (Å²) in [4.78, 5) is 15.3. The summed E-state index contributed by atoms with van der Waals surface area (Å²) in [5.41, 5.74) is 5.30. The van der Waals surface area contributed by atoms with E-state index < -0.39 is 0 Å².